The number of hydrogen-bond donors (Lipinski definition) is 1. The number of nitriles is 1. The molecule has 0 spiro atoms. The van der Waals surface area contributed by atoms with Crippen LogP contribution < -0.4 is 15.2 Å². The van der Waals surface area contributed by atoms with Crippen LogP contribution in [0.1, 0.15) is 11.1 Å². The van der Waals surface area contributed by atoms with Crippen molar-refractivity contribution in [3.8, 4) is 17.6 Å². The molecule has 0 unspecified atom stereocenters. The van der Waals surface area contributed by atoms with Gasteiger partial charge in [-0.15, -0.1) is 0 Å². The van der Waals surface area contributed by atoms with Crippen LogP contribution in [0.2, 0.25) is 5.02 Å². The Labute approximate surface area is 164 Å². The molecule has 2 rings (SSSR count). The lowest BCUT2D eigenvalue weighted by Crippen LogP contribution is -2.09. The van der Waals surface area contributed by atoms with E-state index in [1.807, 2.05) is 24.3 Å². The molecule has 0 radical (unpaired) electrons. The first-order valence-corrected chi connectivity index (χ1v) is 8.69. The highest BCUT2D eigenvalue weighted by Gasteiger charge is 2.13. The minimum Gasteiger partial charge on any atom is -0.493 e. The van der Waals surface area contributed by atoms with Gasteiger partial charge in [0.15, 0.2) is 11.5 Å². The van der Waals surface area contributed by atoms with E-state index in [1.165, 1.54) is 7.11 Å². The van der Waals surface area contributed by atoms with Gasteiger partial charge >= 0.3 is 0 Å². The van der Waals surface area contributed by atoms with E-state index in [4.69, 9.17) is 44.3 Å². The summed E-state index contributed by atoms with van der Waals surface area (Å²) < 4.78 is 11.9. The number of thiocarbonyl (C=S) groups is 1. The van der Waals surface area contributed by atoms with Crippen molar-refractivity contribution in [2.24, 2.45) is 5.73 Å². The Kier molecular flexibility index (Phi) is 6.82. The summed E-state index contributed by atoms with van der Waals surface area (Å²) in [7, 11) is 1.54. The lowest BCUT2D eigenvalue weighted by molar-refractivity contribution is 0.282. The van der Waals surface area contributed by atoms with Crippen molar-refractivity contribution in [1.82, 2.24) is 0 Å². The molecular weight excluding hydrogens is 424 g/mol. The standard InChI is InChI=1S/C18H14BrClN2O2S/c1-23-16-8-11(6-13(9-21)18(22)25)7-14(19)17(16)24-10-12-4-2-3-5-15(12)20/h2-8H,10H2,1H3,(H2,22,25)/b13-6+. The maximum atomic E-state index is 9.08. The third-order valence-electron chi connectivity index (χ3n) is 3.28. The van der Waals surface area contributed by atoms with E-state index in [1.54, 1.807) is 24.3 Å². The fraction of sp³-hybridized carbons (Fsp3) is 0.111. The fourth-order valence-electron chi connectivity index (χ4n) is 2.05. The van der Waals surface area contributed by atoms with Crippen LogP contribution in [0.5, 0.6) is 11.5 Å². The molecule has 2 N–H and O–H groups in total. The summed E-state index contributed by atoms with van der Waals surface area (Å²) in [5, 5.41) is 9.71. The summed E-state index contributed by atoms with van der Waals surface area (Å²) in [5.74, 6) is 1.04. The summed E-state index contributed by atoms with van der Waals surface area (Å²) in [6.45, 7) is 0.292. The molecule has 0 bridgehead atoms. The largest absolute Gasteiger partial charge is 0.493 e. The summed E-state index contributed by atoms with van der Waals surface area (Å²) >= 11 is 14.5. The van der Waals surface area contributed by atoms with Crippen LogP contribution in [0.25, 0.3) is 6.08 Å². The van der Waals surface area contributed by atoms with Gasteiger partial charge in [-0.1, -0.05) is 42.0 Å². The van der Waals surface area contributed by atoms with Crippen molar-refractivity contribution in [2.75, 3.05) is 7.11 Å². The molecule has 0 saturated carbocycles. The number of methoxy groups -OCH3 is 1. The van der Waals surface area contributed by atoms with E-state index >= 15 is 0 Å². The van der Waals surface area contributed by atoms with Crippen molar-refractivity contribution >= 4 is 50.8 Å². The third-order valence-corrected chi connectivity index (χ3v) is 4.46. The molecule has 0 aliphatic carbocycles. The number of ether oxygens (including phenoxy) is 2. The second-order valence-electron chi connectivity index (χ2n) is 4.95. The molecule has 2 aromatic rings. The molecule has 0 fully saturated rings. The van der Waals surface area contributed by atoms with Crippen LogP contribution in [-0.2, 0) is 6.61 Å². The fourth-order valence-corrected chi connectivity index (χ4v) is 2.92. The molecule has 0 amide bonds. The molecule has 0 aromatic heterocycles. The predicted molar refractivity (Wildman–Crippen MR) is 107 cm³/mol. The van der Waals surface area contributed by atoms with E-state index in [0.717, 1.165) is 5.56 Å². The Hall–Kier alpha value is -2.07. The van der Waals surface area contributed by atoms with Gasteiger partial charge in [-0.3, -0.25) is 0 Å². The first-order chi connectivity index (χ1) is 12.0. The van der Waals surface area contributed by atoms with Gasteiger partial charge in [0.2, 0.25) is 0 Å². The zero-order valence-electron chi connectivity index (χ0n) is 13.3. The number of halogens is 2. The molecule has 128 valence electrons. The minimum absolute atomic E-state index is 0.0386. The van der Waals surface area contributed by atoms with Crippen molar-refractivity contribution in [3.05, 3.63) is 62.6 Å². The maximum Gasteiger partial charge on any atom is 0.175 e. The zero-order chi connectivity index (χ0) is 18.4. The summed E-state index contributed by atoms with van der Waals surface area (Å²) in [4.78, 5) is 0.0386. The summed E-state index contributed by atoms with van der Waals surface area (Å²) in [6, 6.07) is 12.9. The quantitative estimate of drug-likeness (QED) is 0.396. The van der Waals surface area contributed by atoms with E-state index in [-0.39, 0.29) is 10.6 Å². The zero-order valence-corrected chi connectivity index (χ0v) is 16.4. The number of nitrogens with zero attached hydrogens (tertiary/aromatic N) is 1. The summed E-state index contributed by atoms with van der Waals surface area (Å²) in [5.41, 5.74) is 7.31. The molecule has 0 saturated heterocycles. The lowest BCUT2D eigenvalue weighted by Gasteiger charge is -2.14. The molecule has 0 aliphatic heterocycles. The van der Waals surface area contributed by atoms with Crippen LogP contribution in [0.15, 0.2) is 46.4 Å². The highest BCUT2D eigenvalue weighted by molar-refractivity contribution is 9.10. The van der Waals surface area contributed by atoms with E-state index in [0.29, 0.717) is 33.2 Å². The smallest absolute Gasteiger partial charge is 0.175 e. The minimum atomic E-state index is 0.0386. The highest BCUT2D eigenvalue weighted by Crippen LogP contribution is 2.38. The van der Waals surface area contributed by atoms with Crippen molar-refractivity contribution < 1.29 is 9.47 Å². The van der Waals surface area contributed by atoms with Crippen molar-refractivity contribution in [1.29, 1.82) is 5.26 Å². The van der Waals surface area contributed by atoms with Gasteiger partial charge in [-0.2, -0.15) is 5.26 Å². The van der Waals surface area contributed by atoms with Gasteiger partial charge in [-0.05, 0) is 45.8 Å². The highest BCUT2D eigenvalue weighted by atomic mass is 79.9. The first kappa shape index (κ1) is 19.3. The van der Waals surface area contributed by atoms with E-state index < -0.39 is 0 Å². The Morgan fingerprint density at radius 1 is 1.40 bits per heavy atom. The average molecular weight is 438 g/mol. The molecule has 4 nitrogen and oxygen atoms in total. The summed E-state index contributed by atoms with van der Waals surface area (Å²) in [6.07, 6.45) is 1.59. The number of nitrogens with two attached hydrogens (primary N) is 1. The van der Waals surface area contributed by atoms with Gasteiger partial charge in [0.25, 0.3) is 0 Å². The SMILES string of the molecule is COc1cc(/C=C(\C#N)C(N)=S)cc(Br)c1OCc1ccccc1Cl. The van der Waals surface area contributed by atoms with Gasteiger partial charge in [0, 0.05) is 10.6 Å². The van der Waals surface area contributed by atoms with Crippen LogP contribution >= 0.6 is 39.7 Å². The molecule has 2 aromatic carbocycles. The Balaban J connectivity index is 2.33. The second-order valence-corrected chi connectivity index (χ2v) is 6.65. The molecule has 0 heterocycles. The van der Waals surface area contributed by atoms with Crippen LogP contribution in [0.3, 0.4) is 0 Å². The monoisotopic (exact) mass is 436 g/mol. The van der Waals surface area contributed by atoms with Gasteiger partial charge in [-0.25, -0.2) is 0 Å². The molecule has 0 aliphatic rings. The molecule has 7 heteroatoms. The normalized spacial score (nSPS) is 10.9. The second kappa shape index (κ2) is 8.86. The lowest BCUT2D eigenvalue weighted by atomic mass is 10.1. The molecule has 0 atom stereocenters. The predicted octanol–water partition coefficient (Wildman–Crippen LogP) is 4.88. The third kappa shape index (κ3) is 4.95. The first-order valence-electron chi connectivity index (χ1n) is 7.11. The molecule has 25 heavy (non-hydrogen) atoms. The van der Waals surface area contributed by atoms with Crippen molar-refractivity contribution in [2.45, 2.75) is 6.61 Å². The number of benzene rings is 2. The molecular formula is C18H14BrClN2O2S. The Morgan fingerprint density at radius 2 is 2.12 bits per heavy atom. The topological polar surface area (TPSA) is 68.3 Å². The van der Waals surface area contributed by atoms with Crippen molar-refractivity contribution in [3.63, 3.8) is 0 Å². The average Bonchev–Trinajstić information content (AvgIpc) is 2.59. The maximum absolute atomic E-state index is 9.08. The number of hydrogen-bond acceptors (Lipinski definition) is 4. The van der Waals surface area contributed by atoms with Crippen LogP contribution in [0, 0.1) is 11.3 Å². The van der Waals surface area contributed by atoms with Gasteiger partial charge < -0.3 is 15.2 Å². The van der Waals surface area contributed by atoms with E-state index in [2.05, 4.69) is 15.9 Å². The van der Waals surface area contributed by atoms with E-state index in [9.17, 15) is 0 Å². The Bertz CT molecular complexity index is 878. The van der Waals surface area contributed by atoms with Crippen LogP contribution in [-0.4, -0.2) is 12.1 Å². The van der Waals surface area contributed by atoms with Crippen LogP contribution in [0.4, 0.5) is 0 Å². The Morgan fingerprint density at radius 3 is 2.72 bits per heavy atom. The number of rotatable bonds is 6. The van der Waals surface area contributed by atoms with Gasteiger partial charge in [0.1, 0.15) is 17.7 Å². The van der Waals surface area contributed by atoms with Gasteiger partial charge in [0.05, 0.1) is 17.2 Å².